The number of rotatable bonds is 4. The normalized spacial score (nSPS) is 11.2. The second kappa shape index (κ2) is 8.76. The maximum Gasteiger partial charge on any atom is 0.418 e. The number of anilines is 2. The summed E-state index contributed by atoms with van der Waals surface area (Å²) >= 11 is 5.92. The Labute approximate surface area is 186 Å². The molecule has 162 valence electrons. The van der Waals surface area contributed by atoms with E-state index in [9.17, 15) is 18.0 Å². The number of hydrogen-bond acceptors (Lipinski definition) is 2. The third-order valence-corrected chi connectivity index (χ3v) is 4.89. The van der Waals surface area contributed by atoms with Crippen LogP contribution in [0.25, 0.3) is 16.8 Å². The van der Waals surface area contributed by atoms with Gasteiger partial charge in [-0.05, 0) is 42.5 Å². The zero-order chi connectivity index (χ0) is 22.7. The summed E-state index contributed by atoms with van der Waals surface area (Å²) in [7, 11) is 0. The molecule has 0 fully saturated rings. The number of hydrogen-bond donors (Lipinski definition) is 2. The topological polar surface area (TPSA) is 59.0 Å². The Bertz CT molecular complexity index is 1250. The highest BCUT2D eigenvalue weighted by Crippen LogP contribution is 2.35. The first kappa shape index (κ1) is 21.5. The van der Waals surface area contributed by atoms with Crippen molar-refractivity contribution in [3.05, 3.63) is 95.8 Å². The molecule has 0 unspecified atom stereocenters. The van der Waals surface area contributed by atoms with Gasteiger partial charge in [0, 0.05) is 22.3 Å². The number of alkyl halides is 3. The molecule has 4 aromatic rings. The maximum absolute atomic E-state index is 13.2. The van der Waals surface area contributed by atoms with Crippen molar-refractivity contribution in [1.82, 2.24) is 9.78 Å². The molecule has 2 N–H and O–H groups in total. The number of urea groups is 1. The van der Waals surface area contributed by atoms with Crippen LogP contribution in [0.5, 0.6) is 0 Å². The van der Waals surface area contributed by atoms with Crippen molar-refractivity contribution in [1.29, 1.82) is 0 Å². The number of nitrogens with one attached hydrogen (secondary N) is 2. The molecule has 32 heavy (non-hydrogen) atoms. The second-order valence-corrected chi connectivity index (χ2v) is 7.25. The highest BCUT2D eigenvalue weighted by Gasteiger charge is 2.33. The molecule has 9 heteroatoms. The van der Waals surface area contributed by atoms with E-state index in [0.717, 1.165) is 11.8 Å². The SMILES string of the molecule is O=C(Nc1ccccc1-c1cnn(-c2ccc(Cl)cc2)c1)Nc1ccccc1C(F)(F)F. The number of aromatic nitrogens is 2. The van der Waals surface area contributed by atoms with Gasteiger partial charge in [-0.15, -0.1) is 0 Å². The summed E-state index contributed by atoms with van der Waals surface area (Å²) in [5.74, 6) is 0. The van der Waals surface area contributed by atoms with E-state index < -0.39 is 17.8 Å². The smallest absolute Gasteiger partial charge is 0.307 e. The fourth-order valence-corrected chi connectivity index (χ4v) is 3.28. The molecule has 1 heterocycles. The lowest BCUT2D eigenvalue weighted by atomic mass is 10.1. The minimum absolute atomic E-state index is 0.328. The lowest BCUT2D eigenvalue weighted by Crippen LogP contribution is -2.22. The first-order chi connectivity index (χ1) is 15.3. The van der Waals surface area contributed by atoms with E-state index in [1.54, 1.807) is 53.5 Å². The summed E-state index contributed by atoms with van der Waals surface area (Å²) < 4.78 is 41.2. The predicted molar refractivity (Wildman–Crippen MR) is 118 cm³/mol. The molecule has 1 aromatic heterocycles. The number of nitrogens with zero attached hydrogens (tertiary/aromatic N) is 2. The number of carbonyl (C=O) groups excluding carboxylic acids is 1. The van der Waals surface area contributed by atoms with Crippen molar-refractivity contribution in [3.8, 4) is 16.8 Å². The number of carbonyl (C=O) groups is 1. The lowest BCUT2D eigenvalue weighted by molar-refractivity contribution is -0.136. The van der Waals surface area contributed by atoms with E-state index in [1.165, 1.54) is 18.2 Å². The lowest BCUT2D eigenvalue weighted by Gasteiger charge is -2.15. The Morgan fingerprint density at radius 3 is 2.22 bits per heavy atom. The van der Waals surface area contributed by atoms with Crippen molar-refractivity contribution in [2.45, 2.75) is 6.18 Å². The van der Waals surface area contributed by atoms with Crippen LogP contribution in [0, 0.1) is 0 Å². The Kier molecular flexibility index (Phi) is 5.87. The number of para-hydroxylation sites is 2. The van der Waals surface area contributed by atoms with Gasteiger partial charge in [0.05, 0.1) is 28.8 Å². The molecule has 3 aromatic carbocycles. The molecule has 0 atom stereocenters. The summed E-state index contributed by atoms with van der Waals surface area (Å²) in [5.41, 5.74) is 1.34. The average molecular weight is 457 g/mol. The summed E-state index contributed by atoms with van der Waals surface area (Å²) in [6.45, 7) is 0. The van der Waals surface area contributed by atoms with Crippen LogP contribution in [0.15, 0.2) is 85.2 Å². The van der Waals surface area contributed by atoms with Gasteiger partial charge >= 0.3 is 12.2 Å². The summed E-state index contributed by atoms with van der Waals surface area (Å²) in [4.78, 5) is 12.5. The summed E-state index contributed by atoms with van der Waals surface area (Å²) in [6, 6.07) is 18.1. The Morgan fingerprint density at radius 1 is 0.875 bits per heavy atom. The van der Waals surface area contributed by atoms with Gasteiger partial charge in [0.15, 0.2) is 0 Å². The molecule has 0 aliphatic rings. The Morgan fingerprint density at radius 2 is 1.50 bits per heavy atom. The van der Waals surface area contributed by atoms with Crippen LogP contribution < -0.4 is 10.6 Å². The van der Waals surface area contributed by atoms with E-state index in [2.05, 4.69) is 15.7 Å². The van der Waals surface area contributed by atoms with Crippen molar-refractivity contribution < 1.29 is 18.0 Å². The second-order valence-electron chi connectivity index (χ2n) is 6.82. The van der Waals surface area contributed by atoms with Crippen LogP contribution in [-0.4, -0.2) is 15.8 Å². The Hall–Kier alpha value is -3.78. The maximum atomic E-state index is 13.2. The minimum Gasteiger partial charge on any atom is -0.307 e. The largest absolute Gasteiger partial charge is 0.418 e. The van der Waals surface area contributed by atoms with Crippen molar-refractivity contribution >= 4 is 29.0 Å². The van der Waals surface area contributed by atoms with Crippen LogP contribution in [0.4, 0.5) is 29.3 Å². The molecule has 0 aliphatic heterocycles. The molecule has 0 aliphatic carbocycles. The van der Waals surface area contributed by atoms with Crippen molar-refractivity contribution in [2.75, 3.05) is 10.6 Å². The first-order valence-corrected chi connectivity index (χ1v) is 9.83. The number of benzene rings is 3. The fraction of sp³-hybridized carbons (Fsp3) is 0.0435. The zero-order valence-corrected chi connectivity index (χ0v) is 17.2. The van der Waals surface area contributed by atoms with Gasteiger partial charge in [-0.1, -0.05) is 41.9 Å². The third kappa shape index (κ3) is 4.76. The van der Waals surface area contributed by atoms with E-state index in [4.69, 9.17) is 11.6 Å². The molecule has 0 saturated carbocycles. The highest BCUT2D eigenvalue weighted by atomic mass is 35.5. The van der Waals surface area contributed by atoms with Crippen molar-refractivity contribution in [3.63, 3.8) is 0 Å². The van der Waals surface area contributed by atoms with Crippen LogP contribution >= 0.6 is 11.6 Å². The molecule has 2 amide bonds. The average Bonchev–Trinajstić information content (AvgIpc) is 3.24. The number of amides is 2. The number of halogens is 4. The van der Waals surface area contributed by atoms with Gasteiger partial charge in [-0.3, -0.25) is 0 Å². The van der Waals surface area contributed by atoms with Gasteiger partial charge in [0.2, 0.25) is 0 Å². The van der Waals surface area contributed by atoms with Gasteiger partial charge < -0.3 is 10.6 Å². The Balaban J connectivity index is 1.56. The van der Waals surface area contributed by atoms with Crippen LogP contribution in [0.1, 0.15) is 5.56 Å². The van der Waals surface area contributed by atoms with E-state index in [0.29, 0.717) is 21.8 Å². The van der Waals surface area contributed by atoms with E-state index in [1.807, 2.05) is 12.1 Å². The molecule has 0 saturated heterocycles. The first-order valence-electron chi connectivity index (χ1n) is 9.45. The molecule has 5 nitrogen and oxygen atoms in total. The molecule has 0 radical (unpaired) electrons. The van der Waals surface area contributed by atoms with E-state index >= 15 is 0 Å². The van der Waals surface area contributed by atoms with E-state index in [-0.39, 0.29) is 5.69 Å². The van der Waals surface area contributed by atoms with Crippen LogP contribution in [-0.2, 0) is 6.18 Å². The van der Waals surface area contributed by atoms with Crippen LogP contribution in [0.3, 0.4) is 0 Å². The predicted octanol–water partition coefficient (Wildman–Crippen LogP) is 6.86. The monoisotopic (exact) mass is 456 g/mol. The third-order valence-electron chi connectivity index (χ3n) is 4.64. The van der Waals surface area contributed by atoms with Crippen LogP contribution in [0.2, 0.25) is 5.02 Å². The molecule has 4 rings (SSSR count). The summed E-state index contributed by atoms with van der Waals surface area (Å²) in [6.07, 6.45) is -1.18. The molecule has 0 bridgehead atoms. The molecule has 0 spiro atoms. The quantitative estimate of drug-likeness (QED) is 0.352. The van der Waals surface area contributed by atoms with Crippen molar-refractivity contribution in [2.24, 2.45) is 0 Å². The fourth-order valence-electron chi connectivity index (χ4n) is 3.16. The highest BCUT2D eigenvalue weighted by molar-refractivity contribution is 6.30. The standard InChI is InChI=1S/C23H16ClF3N4O/c24-16-9-11-17(12-10-16)31-14-15(13-28-31)18-5-1-3-7-20(18)29-22(32)30-21-8-4-2-6-19(21)23(25,26)27/h1-14H,(H2,29,30,32). The summed E-state index contributed by atoms with van der Waals surface area (Å²) in [5, 5.41) is 9.84. The van der Waals surface area contributed by atoms with Gasteiger partial charge in [-0.2, -0.15) is 18.3 Å². The van der Waals surface area contributed by atoms with Gasteiger partial charge in [-0.25, -0.2) is 9.48 Å². The minimum atomic E-state index is -4.59. The molecular formula is C23H16ClF3N4O. The molecular weight excluding hydrogens is 441 g/mol. The zero-order valence-electron chi connectivity index (χ0n) is 16.4. The van der Waals surface area contributed by atoms with Gasteiger partial charge in [0.25, 0.3) is 0 Å². The van der Waals surface area contributed by atoms with Gasteiger partial charge in [0.1, 0.15) is 0 Å².